The van der Waals surface area contributed by atoms with Gasteiger partial charge in [-0.3, -0.25) is 19.3 Å². The topological polar surface area (TPSA) is 146 Å². The summed E-state index contributed by atoms with van der Waals surface area (Å²) in [5, 5.41) is 19.3. The van der Waals surface area contributed by atoms with Crippen LogP contribution in [0.2, 0.25) is 0 Å². The molecule has 2 aromatic carbocycles. The lowest BCUT2D eigenvalue weighted by molar-refractivity contribution is -0.135. The Morgan fingerprint density at radius 3 is 2.67 bits per heavy atom. The van der Waals surface area contributed by atoms with E-state index in [1.165, 1.54) is 17.5 Å². The Labute approximate surface area is 365 Å². The predicted octanol–water partition coefficient (Wildman–Crippen LogP) is 6.53. The number of rotatable bonds is 19. The molecule has 0 bridgehead atoms. The summed E-state index contributed by atoms with van der Waals surface area (Å²) in [5.74, 6) is 0.766. The normalized spacial score (nSPS) is 18.2. The summed E-state index contributed by atoms with van der Waals surface area (Å²) in [7, 11) is 0. The van der Waals surface area contributed by atoms with Crippen LogP contribution in [0.5, 0.6) is 11.5 Å². The van der Waals surface area contributed by atoms with Gasteiger partial charge in [-0.15, -0.1) is 11.3 Å². The van der Waals surface area contributed by atoms with Crippen molar-refractivity contribution in [2.24, 2.45) is 0 Å². The van der Waals surface area contributed by atoms with Crippen LogP contribution in [-0.4, -0.2) is 126 Å². The van der Waals surface area contributed by atoms with Crippen molar-refractivity contribution in [1.29, 1.82) is 0 Å². The number of aryl methyl sites for hydroxylation is 1. The number of amides is 3. The van der Waals surface area contributed by atoms with Crippen molar-refractivity contribution in [3.05, 3.63) is 69.2 Å². The number of aromatic hydroxyl groups is 1. The van der Waals surface area contributed by atoms with Crippen LogP contribution in [0.1, 0.15) is 116 Å². The van der Waals surface area contributed by atoms with Crippen LogP contribution in [0.25, 0.3) is 0 Å². The third-order valence-corrected chi connectivity index (χ3v) is 13.8. The van der Waals surface area contributed by atoms with E-state index in [2.05, 4.69) is 63.5 Å². The number of ether oxygens (including phenoxy) is 3. The number of phenols is 1. The zero-order chi connectivity index (χ0) is 42.6. The number of hydrogen-bond acceptors (Lipinski definition) is 11. The Morgan fingerprint density at radius 2 is 1.87 bits per heavy atom. The second-order valence-electron chi connectivity index (χ2n) is 17.6. The molecule has 3 N–H and O–H groups in total. The molecule has 0 unspecified atom stereocenters. The van der Waals surface area contributed by atoms with Crippen LogP contribution >= 0.6 is 11.3 Å². The Balaban J connectivity index is 0.776. The number of benzene rings is 2. The van der Waals surface area contributed by atoms with Gasteiger partial charge in [0.25, 0.3) is 11.8 Å². The molecule has 2 saturated heterocycles. The van der Waals surface area contributed by atoms with Gasteiger partial charge in [0.05, 0.1) is 36.8 Å². The molecule has 3 fully saturated rings. The van der Waals surface area contributed by atoms with E-state index in [9.17, 15) is 19.5 Å². The van der Waals surface area contributed by atoms with E-state index in [-0.39, 0.29) is 41.7 Å². The minimum atomic E-state index is -0.277. The lowest BCUT2D eigenvalue weighted by Crippen LogP contribution is -2.58. The number of morpholine rings is 1. The number of fused-ring (bicyclic) bond motifs is 1. The highest BCUT2D eigenvalue weighted by Crippen LogP contribution is 2.39. The van der Waals surface area contributed by atoms with Crippen LogP contribution < -0.4 is 15.4 Å². The molecule has 332 valence electrons. The monoisotopic (exact) mass is 858 g/mol. The first-order chi connectivity index (χ1) is 29.7. The number of likely N-dealkylation sites (tertiary alicyclic amines) is 1. The van der Waals surface area contributed by atoms with Crippen LogP contribution in [0.3, 0.4) is 0 Å². The maximum atomic E-state index is 13.5. The number of nitrogens with zero attached hydrogens (tertiary/aromatic N) is 4. The average Bonchev–Trinajstić information content (AvgIpc) is 3.78. The standard InChI is InChI=1S/C47H66N6O7S/c1-34(2)45-49-39(32-61-45)46(57)52-25-28-60-47(33-52)18-22-51(23-19-47)30-36-11-8-10-35(29-36)9-6-7-26-58-27-17-42(56)53(38-12-4-3-5-13-38)24-21-48-20-16-37-14-15-40(54)43-44(37)59-31-41(55)50-43/h8,10-11,14-15,29,32,34,38,48,54H,3-7,9,12-13,16-28,30-31,33H2,1-2H3,(H,50,55). The first-order valence-corrected chi connectivity index (χ1v) is 23.6. The number of piperidine rings is 1. The van der Waals surface area contributed by atoms with Gasteiger partial charge in [0.2, 0.25) is 5.91 Å². The maximum Gasteiger partial charge on any atom is 0.273 e. The molecular formula is C47H66N6O7S. The highest BCUT2D eigenvalue weighted by molar-refractivity contribution is 7.09. The Kier molecular flexibility index (Phi) is 16.1. The van der Waals surface area contributed by atoms with Gasteiger partial charge in [0.1, 0.15) is 17.1 Å². The van der Waals surface area contributed by atoms with Gasteiger partial charge in [-0.2, -0.15) is 0 Å². The average molecular weight is 859 g/mol. The van der Waals surface area contributed by atoms with E-state index in [0.717, 1.165) is 88.0 Å². The van der Waals surface area contributed by atoms with Crippen LogP contribution in [0, 0.1) is 0 Å². The molecule has 1 spiro atoms. The third kappa shape index (κ3) is 12.3. The minimum Gasteiger partial charge on any atom is -0.506 e. The molecule has 3 aromatic rings. The summed E-state index contributed by atoms with van der Waals surface area (Å²) >= 11 is 1.57. The number of hydrogen-bond donors (Lipinski definition) is 3. The summed E-state index contributed by atoms with van der Waals surface area (Å²) in [6.07, 6.45) is 11.5. The largest absolute Gasteiger partial charge is 0.506 e. The third-order valence-electron chi connectivity index (χ3n) is 12.7. The Hall–Kier alpha value is -4.08. The Morgan fingerprint density at radius 1 is 1.05 bits per heavy atom. The van der Waals surface area contributed by atoms with Crippen molar-refractivity contribution in [1.82, 2.24) is 25.0 Å². The van der Waals surface area contributed by atoms with Gasteiger partial charge in [-0.25, -0.2) is 4.98 Å². The minimum absolute atomic E-state index is 0.00120. The number of anilines is 1. The van der Waals surface area contributed by atoms with Gasteiger partial charge in [-0.1, -0.05) is 63.4 Å². The van der Waals surface area contributed by atoms with Crippen molar-refractivity contribution >= 4 is 34.7 Å². The smallest absolute Gasteiger partial charge is 0.273 e. The molecule has 4 aliphatic rings. The fraction of sp³-hybridized carbons (Fsp3) is 0.617. The van der Waals surface area contributed by atoms with Crippen molar-refractivity contribution < 1.29 is 33.7 Å². The summed E-state index contributed by atoms with van der Waals surface area (Å²) in [6.45, 7) is 11.9. The molecule has 7 rings (SSSR count). The molecular weight excluding hydrogens is 793 g/mol. The molecule has 3 aliphatic heterocycles. The summed E-state index contributed by atoms with van der Waals surface area (Å²) in [6, 6.07) is 12.6. The first kappa shape index (κ1) is 45.0. The zero-order valence-electron chi connectivity index (χ0n) is 36.3. The van der Waals surface area contributed by atoms with E-state index >= 15 is 0 Å². The first-order valence-electron chi connectivity index (χ1n) is 22.7. The molecule has 14 heteroatoms. The number of carbonyl (C=O) groups excluding carboxylic acids is 3. The number of nitrogens with one attached hydrogen (secondary N) is 2. The fourth-order valence-corrected chi connectivity index (χ4v) is 10.0. The van der Waals surface area contributed by atoms with E-state index in [0.29, 0.717) is 88.4 Å². The molecule has 1 aliphatic carbocycles. The van der Waals surface area contributed by atoms with E-state index in [1.807, 2.05) is 16.3 Å². The molecule has 4 heterocycles. The molecule has 0 atom stereocenters. The molecule has 3 amide bonds. The van der Waals surface area contributed by atoms with Crippen molar-refractivity contribution in [3.8, 4) is 11.5 Å². The van der Waals surface area contributed by atoms with Crippen molar-refractivity contribution in [2.45, 2.75) is 115 Å². The van der Waals surface area contributed by atoms with Crippen LogP contribution in [0.15, 0.2) is 41.8 Å². The van der Waals surface area contributed by atoms with Crippen molar-refractivity contribution in [2.75, 3.05) is 77.6 Å². The molecule has 61 heavy (non-hydrogen) atoms. The number of aromatic nitrogens is 1. The summed E-state index contributed by atoms with van der Waals surface area (Å²) < 4.78 is 18.0. The van der Waals surface area contributed by atoms with Gasteiger partial charge < -0.3 is 39.8 Å². The maximum absolute atomic E-state index is 13.5. The van der Waals surface area contributed by atoms with Crippen molar-refractivity contribution in [3.63, 3.8) is 0 Å². The molecule has 1 aromatic heterocycles. The second-order valence-corrected chi connectivity index (χ2v) is 18.5. The second kappa shape index (κ2) is 21.8. The number of carbonyl (C=O) groups is 3. The zero-order valence-corrected chi connectivity index (χ0v) is 37.1. The van der Waals surface area contributed by atoms with Gasteiger partial charge in [0, 0.05) is 63.2 Å². The SMILES string of the molecule is CC(C)c1nc(C(=O)N2CCOC3(CCN(Cc4cccc(CCCCOCCC(=O)N(CCNCCc5ccc(O)c6c5OCC(=O)N6)C5CCCCC5)c4)CC3)C2)cs1. The van der Waals surface area contributed by atoms with E-state index < -0.39 is 0 Å². The molecule has 1 saturated carbocycles. The fourth-order valence-electron chi connectivity index (χ4n) is 9.19. The Bertz CT molecular complexity index is 1920. The number of phenolic OH excluding ortho intramolecular Hbond substituents is 1. The highest BCUT2D eigenvalue weighted by atomic mass is 32.1. The summed E-state index contributed by atoms with van der Waals surface area (Å²) in [4.78, 5) is 49.7. The van der Waals surface area contributed by atoms with E-state index in [4.69, 9.17) is 14.2 Å². The summed E-state index contributed by atoms with van der Waals surface area (Å²) in [5.41, 5.74) is 4.21. The molecule has 13 nitrogen and oxygen atoms in total. The number of unbranched alkanes of at least 4 members (excludes halogenated alkanes) is 1. The van der Waals surface area contributed by atoms with Gasteiger partial charge in [-0.05, 0) is 80.7 Å². The van der Waals surface area contributed by atoms with Gasteiger partial charge in [0.15, 0.2) is 12.4 Å². The quantitative estimate of drug-likeness (QED) is 0.0899. The van der Waals surface area contributed by atoms with Crippen LogP contribution in [0.4, 0.5) is 5.69 Å². The van der Waals surface area contributed by atoms with Gasteiger partial charge >= 0.3 is 0 Å². The predicted molar refractivity (Wildman–Crippen MR) is 238 cm³/mol. The number of thiazole rings is 1. The van der Waals surface area contributed by atoms with E-state index in [1.54, 1.807) is 17.4 Å². The lowest BCUT2D eigenvalue weighted by Gasteiger charge is -2.47. The lowest BCUT2D eigenvalue weighted by atomic mass is 9.89. The van der Waals surface area contributed by atoms with Crippen LogP contribution in [-0.2, 0) is 38.4 Å². The molecule has 0 radical (unpaired) electrons. The highest BCUT2D eigenvalue weighted by Gasteiger charge is 2.41.